The van der Waals surface area contributed by atoms with Crippen LogP contribution in [0, 0.1) is 5.41 Å². The van der Waals surface area contributed by atoms with E-state index in [1.54, 1.807) is 7.05 Å². The monoisotopic (exact) mass is 262 g/mol. The summed E-state index contributed by atoms with van der Waals surface area (Å²) in [4.78, 5) is 0. The summed E-state index contributed by atoms with van der Waals surface area (Å²) >= 11 is 0. The lowest BCUT2D eigenvalue weighted by atomic mass is 9.91. The Bertz CT molecular complexity index is 346. The Balaban J connectivity index is 2.77. The molecule has 2 atom stereocenters. The molecular formula is C12H26N2O2S. The molecule has 0 saturated heterocycles. The molecule has 2 unspecified atom stereocenters. The normalized spacial score (nSPS) is 27.4. The first-order chi connectivity index (χ1) is 7.63. The molecule has 0 aromatic rings. The minimum atomic E-state index is -3.20. The summed E-state index contributed by atoms with van der Waals surface area (Å²) < 4.78 is 26.0. The van der Waals surface area contributed by atoms with Crippen molar-refractivity contribution in [1.29, 1.82) is 0 Å². The van der Waals surface area contributed by atoms with Crippen molar-refractivity contribution < 1.29 is 8.42 Å². The maximum absolute atomic E-state index is 12.3. The highest BCUT2D eigenvalue weighted by Crippen LogP contribution is 2.25. The summed E-state index contributed by atoms with van der Waals surface area (Å²) in [6, 6.07) is -0.0282. The Kier molecular flexibility index (Phi) is 4.60. The van der Waals surface area contributed by atoms with Gasteiger partial charge < -0.3 is 5.73 Å². The van der Waals surface area contributed by atoms with Crippen LogP contribution in [0.25, 0.3) is 0 Å². The van der Waals surface area contributed by atoms with Crippen LogP contribution < -0.4 is 5.73 Å². The van der Waals surface area contributed by atoms with Gasteiger partial charge in [-0.1, -0.05) is 33.6 Å². The van der Waals surface area contributed by atoms with E-state index in [0.29, 0.717) is 0 Å². The third-order valence-corrected chi connectivity index (χ3v) is 5.68. The minimum Gasteiger partial charge on any atom is -0.326 e. The average molecular weight is 262 g/mol. The highest BCUT2D eigenvalue weighted by Gasteiger charge is 2.34. The minimum absolute atomic E-state index is 0.0107. The van der Waals surface area contributed by atoms with Crippen LogP contribution in [0.2, 0.25) is 0 Å². The summed E-state index contributed by atoms with van der Waals surface area (Å²) in [5.74, 6) is 0.180. The fraction of sp³-hybridized carbons (Fsp3) is 1.00. The standard InChI is InChI=1S/C12H26N2O2S/c1-12(2,3)9-17(15,16)14(4)11-8-6-5-7-10(11)13/h10-11H,5-9,13H2,1-4H3. The van der Waals surface area contributed by atoms with E-state index in [9.17, 15) is 8.42 Å². The van der Waals surface area contributed by atoms with Gasteiger partial charge in [-0.3, -0.25) is 0 Å². The van der Waals surface area contributed by atoms with Crippen molar-refractivity contribution in [2.24, 2.45) is 11.1 Å². The number of hydrogen-bond donors (Lipinski definition) is 1. The number of sulfonamides is 1. The Morgan fingerprint density at radius 1 is 1.24 bits per heavy atom. The van der Waals surface area contributed by atoms with Gasteiger partial charge in [-0.2, -0.15) is 0 Å². The Hall–Kier alpha value is -0.130. The third kappa shape index (κ3) is 4.23. The summed E-state index contributed by atoms with van der Waals surface area (Å²) in [7, 11) is -1.52. The number of hydrogen-bond acceptors (Lipinski definition) is 3. The molecule has 0 aromatic carbocycles. The molecule has 0 aromatic heterocycles. The van der Waals surface area contributed by atoms with Crippen LogP contribution in [0.1, 0.15) is 46.5 Å². The molecule has 1 rings (SSSR count). The molecule has 0 spiro atoms. The SMILES string of the molecule is CN(C1CCCCC1N)S(=O)(=O)CC(C)(C)C. The average Bonchev–Trinajstić information content (AvgIpc) is 2.13. The van der Waals surface area contributed by atoms with E-state index in [0.717, 1.165) is 25.7 Å². The van der Waals surface area contributed by atoms with Gasteiger partial charge >= 0.3 is 0 Å². The molecule has 0 radical (unpaired) electrons. The number of likely N-dealkylation sites (N-methyl/N-ethyl adjacent to an activating group) is 1. The first kappa shape index (κ1) is 14.9. The highest BCUT2D eigenvalue weighted by atomic mass is 32.2. The fourth-order valence-corrected chi connectivity index (χ4v) is 4.42. The van der Waals surface area contributed by atoms with Crippen LogP contribution in [0.15, 0.2) is 0 Å². The van der Waals surface area contributed by atoms with Gasteiger partial charge in [0.2, 0.25) is 10.0 Å². The van der Waals surface area contributed by atoms with Gasteiger partial charge in [-0.15, -0.1) is 0 Å². The van der Waals surface area contributed by atoms with E-state index in [-0.39, 0.29) is 23.3 Å². The van der Waals surface area contributed by atoms with Crippen LogP contribution in [0.4, 0.5) is 0 Å². The predicted octanol–water partition coefficient (Wildman–Crippen LogP) is 1.56. The molecule has 1 aliphatic rings. The maximum atomic E-state index is 12.3. The summed E-state index contributed by atoms with van der Waals surface area (Å²) in [6.45, 7) is 5.83. The van der Waals surface area contributed by atoms with Crippen LogP contribution in [0.5, 0.6) is 0 Å². The summed E-state index contributed by atoms with van der Waals surface area (Å²) in [6.07, 6.45) is 4.01. The zero-order valence-corrected chi connectivity index (χ0v) is 12.3. The number of nitrogens with zero attached hydrogens (tertiary/aromatic N) is 1. The second-order valence-electron chi connectivity index (χ2n) is 6.35. The van der Waals surface area contributed by atoms with Crippen molar-refractivity contribution in [2.45, 2.75) is 58.5 Å². The summed E-state index contributed by atoms with van der Waals surface area (Å²) in [5, 5.41) is 0. The highest BCUT2D eigenvalue weighted by molar-refractivity contribution is 7.89. The molecule has 0 heterocycles. The lowest BCUT2D eigenvalue weighted by Crippen LogP contribution is -2.51. The molecule has 2 N–H and O–H groups in total. The topological polar surface area (TPSA) is 63.4 Å². The van der Waals surface area contributed by atoms with Crippen molar-refractivity contribution in [3.05, 3.63) is 0 Å². The Morgan fingerprint density at radius 3 is 2.24 bits per heavy atom. The second kappa shape index (κ2) is 5.24. The zero-order valence-electron chi connectivity index (χ0n) is 11.4. The largest absolute Gasteiger partial charge is 0.326 e. The van der Waals surface area contributed by atoms with Gasteiger partial charge in [0.25, 0.3) is 0 Å². The van der Waals surface area contributed by atoms with E-state index < -0.39 is 10.0 Å². The van der Waals surface area contributed by atoms with Crippen molar-refractivity contribution in [3.63, 3.8) is 0 Å². The number of nitrogens with two attached hydrogens (primary N) is 1. The van der Waals surface area contributed by atoms with Crippen LogP contribution >= 0.6 is 0 Å². The Morgan fingerprint density at radius 2 is 1.76 bits per heavy atom. The van der Waals surface area contributed by atoms with Gasteiger partial charge in [-0.25, -0.2) is 12.7 Å². The molecular weight excluding hydrogens is 236 g/mol. The van der Waals surface area contributed by atoms with E-state index in [4.69, 9.17) is 5.73 Å². The molecule has 5 heteroatoms. The van der Waals surface area contributed by atoms with E-state index in [1.807, 2.05) is 20.8 Å². The van der Waals surface area contributed by atoms with Crippen molar-refractivity contribution in [3.8, 4) is 0 Å². The molecule has 4 nitrogen and oxygen atoms in total. The molecule has 1 aliphatic carbocycles. The van der Waals surface area contributed by atoms with Crippen LogP contribution in [0.3, 0.4) is 0 Å². The van der Waals surface area contributed by atoms with E-state index in [2.05, 4.69) is 0 Å². The molecule has 102 valence electrons. The van der Waals surface area contributed by atoms with Gasteiger partial charge in [0.05, 0.1) is 5.75 Å². The van der Waals surface area contributed by atoms with Crippen molar-refractivity contribution >= 4 is 10.0 Å². The smallest absolute Gasteiger partial charge is 0.214 e. The fourth-order valence-electron chi connectivity index (χ4n) is 2.45. The zero-order chi connectivity index (χ0) is 13.3. The Labute approximate surface area is 106 Å². The van der Waals surface area contributed by atoms with Gasteiger partial charge in [0.15, 0.2) is 0 Å². The third-order valence-electron chi connectivity index (χ3n) is 3.30. The molecule has 0 aliphatic heterocycles. The van der Waals surface area contributed by atoms with E-state index >= 15 is 0 Å². The lowest BCUT2D eigenvalue weighted by Gasteiger charge is -2.36. The second-order valence-corrected chi connectivity index (χ2v) is 8.38. The van der Waals surface area contributed by atoms with Crippen LogP contribution in [-0.4, -0.2) is 37.6 Å². The van der Waals surface area contributed by atoms with Gasteiger partial charge in [-0.05, 0) is 18.3 Å². The quantitative estimate of drug-likeness (QED) is 0.839. The lowest BCUT2D eigenvalue weighted by molar-refractivity contribution is 0.249. The predicted molar refractivity (Wildman–Crippen MR) is 71.2 cm³/mol. The molecule has 1 saturated carbocycles. The van der Waals surface area contributed by atoms with Gasteiger partial charge in [0, 0.05) is 19.1 Å². The van der Waals surface area contributed by atoms with Crippen molar-refractivity contribution in [2.75, 3.05) is 12.8 Å². The molecule has 17 heavy (non-hydrogen) atoms. The van der Waals surface area contributed by atoms with Crippen molar-refractivity contribution in [1.82, 2.24) is 4.31 Å². The van der Waals surface area contributed by atoms with Gasteiger partial charge in [0.1, 0.15) is 0 Å². The van der Waals surface area contributed by atoms with E-state index in [1.165, 1.54) is 4.31 Å². The molecule has 0 bridgehead atoms. The number of rotatable bonds is 3. The molecule has 0 amide bonds. The first-order valence-electron chi connectivity index (χ1n) is 6.35. The maximum Gasteiger partial charge on any atom is 0.214 e. The molecule has 1 fully saturated rings. The summed E-state index contributed by atoms with van der Waals surface area (Å²) in [5.41, 5.74) is 5.82. The van der Waals surface area contributed by atoms with Crippen LogP contribution in [-0.2, 0) is 10.0 Å². The first-order valence-corrected chi connectivity index (χ1v) is 7.96.